The van der Waals surface area contributed by atoms with Crippen LogP contribution in [0, 0.1) is 34.5 Å². The van der Waals surface area contributed by atoms with Crippen LogP contribution in [-0.2, 0) is 14.3 Å². The van der Waals surface area contributed by atoms with Crippen LogP contribution in [0.4, 0.5) is 0 Å². The molecule has 7 unspecified atom stereocenters. The van der Waals surface area contributed by atoms with E-state index in [2.05, 4.69) is 6.92 Å². The number of nitrogens with two attached hydrogens (primary N) is 1. The lowest BCUT2D eigenvalue weighted by molar-refractivity contribution is -0.186. The van der Waals surface area contributed by atoms with Crippen LogP contribution in [-0.4, -0.2) is 58.0 Å². The first-order valence-electron chi connectivity index (χ1n) is 13.3. The Morgan fingerprint density at radius 3 is 2.70 bits per heavy atom. The van der Waals surface area contributed by atoms with Crippen LogP contribution >= 0.6 is 0 Å². The van der Waals surface area contributed by atoms with Gasteiger partial charge in [-0.25, -0.2) is 0 Å². The summed E-state index contributed by atoms with van der Waals surface area (Å²) in [6.07, 6.45) is 8.92. The van der Waals surface area contributed by atoms with E-state index in [9.17, 15) is 20.1 Å². The number of carbonyl (C=O) groups excluding carboxylic acids is 1. The molecule has 1 spiro atoms. The van der Waals surface area contributed by atoms with E-state index in [0.29, 0.717) is 31.1 Å². The third kappa shape index (κ3) is 3.01. The average Bonchev–Trinajstić information content (AvgIpc) is 3.02. The third-order valence-corrected chi connectivity index (χ3v) is 11.0. The monoisotopic (exact) mass is 465 g/mol. The summed E-state index contributed by atoms with van der Waals surface area (Å²) in [4.78, 5) is 11.9. The minimum Gasteiger partial charge on any atom is -0.462 e. The van der Waals surface area contributed by atoms with Crippen LogP contribution in [0.5, 0.6) is 0 Å². The summed E-state index contributed by atoms with van der Waals surface area (Å²) in [6.45, 7) is 3.95. The fraction of sp³-hybridized carbons (Fsp3) is 0.962. The van der Waals surface area contributed by atoms with E-state index in [-0.39, 0.29) is 30.4 Å². The molecule has 5 rings (SSSR count). The predicted octanol–water partition coefficient (Wildman–Crippen LogP) is 2.49. The molecule has 7 nitrogen and oxygen atoms in total. The van der Waals surface area contributed by atoms with Gasteiger partial charge in [0, 0.05) is 5.41 Å². The summed E-state index contributed by atoms with van der Waals surface area (Å²) in [5.74, 6) is 0.866. The molecule has 5 saturated carbocycles. The fourth-order valence-corrected chi connectivity index (χ4v) is 9.78. The number of hydrogen-bond donors (Lipinski definition) is 4. The molecule has 5 aliphatic carbocycles. The van der Waals surface area contributed by atoms with Gasteiger partial charge in [-0.2, -0.15) is 0 Å². The van der Waals surface area contributed by atoms with Gasteiger partial charge in [0.25, 0.3) is 0 Å². The van der Waals surface area contributed by atoms with Crippen molar-refractivity contribution in [2.45, 2.75) is 108 Å². The number of hydrogen-bond acceptors (Lipinski definition) is 7. The number of ether oxygens (including phenoxy) is 2. The summed E-state index contributed by atoms with van der Waals surface area (Å²) >= 11 is 0. The maximum Gasteiger partial charge on any atom is 0.319 e. The largest absolute Gasteiger partial charge is 0.462 e. The molecular weight excluding hydrogens is 422 g/mol. The molecule has 0 radical (unpaired) electrons. The van der Waals surface area contributed by atoms with Crippen LogP contribution in [0.25, 0.3) is 0 Å². The molecule has 0 aromatic carbocycles. The summed E-state index contributed by atoms with van der Waals surface area (Å²) in [7, 11) is 0. The van der Waals surface area contributed by atoms with E-state index in [1.807, 2.05) is 6.92 Å². The smallest absolute Gasteiger partial charge is 0.319 e. The SMILES string of the molecule is CCCC(O)OC12CCC3C4CCC5CCCC[C@]5(C)C4[C@@H](O)C[C@@]31C2(O)COC(=O)CN. The molecular formula is C26H43NO6. The molecule has 0 amide bonds. The number of carbonyl (C=O) groups is 1. The molecule has 0 heterocycles. The van der Waals surface area contributed by atoms with Gasteiger partial charge in [0.1, 0.15) is 17.8 Å². The molecule has 5 fully saturated rings. The predicted molar refractivity (Wildman–Crippen MR) is 122 cm³/mol. The summed E-state index contributed by atoms with van der Waals surface area (Å²) in [5, 5.41) is 34.4. The van der Waals surface area contributed by atoms with Gasteiger partial charge < -0.3 is 30.5 Å². The highest BCUT2D eigenvalue weighted by atomic mass is 16.6. The Kier molecular flexibility index (Phi) is 5.93. The second kappa shape index (κ2) is 8.16. The zero-order valence-corrected chi connectivity index (χ0v) is 20.3. The van der Waals surface area contributed by atoms with E-state index in [4.69, 9.17) is 15.2 Å². The molecule has 0 saturated heterocycles. The lowest BCUT2D eigenvalue weighted by Gasteiger charge is -2.60. The molecule has 188 valence electrons. The summed E-state index contributed by atoms with van der Waals surface area (Å²) in [5.41, 5.74) is 2.51. The van der Waals surface area contributed by atoms with Gasteiger partial charge in [-0.05, 0) is 80.5 Å². The van der Waals surface area contributed by atoms with Crippen molar-refractivity contribution in [2.24, 2.45) is 40.2 Å². The first-order valence-corrected chi connectivity index (χ1v) is 13.3. The first kappa shape index (κ1) is 24.0. The van der Waals surface area contributed by atoms with Crippen LogP contribution < -0.4 is 5.73 Å². The molecule has 5 aliphatic rings. The lowest BCUT2D eigenvalue weighted by atomic mass is 9.45. The van der Waals surface area contributed by atoms with E-state index in [1.165, 1.54) is 32.1 Å². The van der Waals surface area contributed by atoms with Gasteiger partial charge in [-0.15, -0.1) is 0 Å². The van der Waals surface area contributed by atoms with E-state index >= 15 is 0 Å². The van der Waals surface area contributed by atoms with Crippen molar-refractivity contribution in [3.8, 4) is 0 Å². The molecule has 0 aromatic rings. The van der Waals surface area contributed by atoms with Crippen molar-refractivity contribution in [1.29, 1.82) is 0 Å². The zero-order valence-electron chi connectivity index (χ0n) is 20.3. The Balaban J connectivity index is 1.49. The van der Waals surface area contributed by atoms with E-state index < -0.39 is 35.0 Å². The quantitative estimate of drug-likeness (QED) is 0.337. The van der Waals surface area contributed by atoms with E-state index in [1.54, 1.807) is 0 Å². The maximum absolute atomic E-state index is 12.0. The van der Waals surface area contributed by atoms with Crippen LogP contribution in [0.15, 0.2) is 0 Å². The molecule has 0 aliphatic heterocycles. The maximum atomic E-state index is 12.0. The van der Waals surface area contributed by atoms with Gasteiger partial charge in [-0.1, -0.05) is 33.1 Å². The van der Waals surface area contributed by atoms with E-state index in [0.717, 1.165) is 19.3 Å². The van der Waals surface area contributed by atoms with Crippen molar-refractivity contribution in [3.63, 3.8) is 0 Å². The Hall–Kier alpha value is -0.730. The number of fused-ring (bicyclic) bond motifs is 4. The minimum atomic E-state index is -1.40. The Bertz CT molecular complexity index is 778. The molecule has 7 heteroatoms. The van der Waals surface area contributed by atoms with Crippen LogP contribution in [0.2, 0.25) is 0 Å². The number of rotatable bonds is 7. The topological polar surface area (TPSA) is 122 Å². The Morgan fingerprint density at radius 1 is 1.18 bits per heavy atom. The van der Waals surface area contributed by atoms with Gasteiger partial charge in [-0.3, -0.25) is 4.79 Å². The minimum absolute atomic E-state index is 0.148. The van der Waals surface area contributed by atoms with Gasteiger partial charge in [0.2, 0.25) is 0 Å². The Morgan fingerprint density at radius 2 is 1.97 bits per heavy atom. The molecule has 33 heavy (non-hydrogen) atoms. The fourth-order valence-electron chi connectivity index (χ4n) is 9.78. The van der Waals surface area contributed by atoms with Crippen LogP contribution in [0.3, 0.4) is 0 Å². The summed E-state index contributed by atoms with van der Waals surface area (Å²) in [6, 6.07) is 0. The highest BCUT2D eigenvalue weighted by molar-refractivity contribution is 5.71. The lowest BCUT2D eigenvalue weighted by Crippen LogP contribution is -2.57. The highest BCUT2D eigenvalue weighted by Gasteiger charge is 2.94. The van der Waals surface area contributed by atoms with Crippen LogP contribution in [0.1, 0.15) is 84.5 Å². The Labute approximate surface area is 197 Å². The second-order valence-corrected chi connectivity index (χ2v) is 12.0. The van der Waals surface area contributed by atoms with Crippen molar-refractivity contribution < 1.29 is 29.6 Å². The molecule has 5 N–H and O–H groups in total. The van der Waals surface area contributed by atoms with Crippen molar-refractivity contribution in [3.05, 3.63) is 0 Å². The molecule has 0 bridgehead atoms. The summed E-state index contributed by atoms with van der Waals surface area (Å²) < 4.78 is 11.7. The third-order valence-electron chi connectivity index (χ3n) is 11.0. The molecule has 10 atom stereocenters. The highest BCUT2D eigenvalue weighted by Crippen LogP contribution is 2.84. The zero-order chi connectivity index (χ0) is 23.6. The first-order chi connectivity index (χ1) is 15.7. The van der Waals surface area contributed by atoms with Gasteiger partial charge >= 0.3 is 5.97 Å². The van der Waals surface area contributed by atoms with Gasteiger partial charge in [0.15, 0.2) is 6.29 Å². The molecule has 0 aromatic heterocycles. The normalized spacial score (nSPS) is 51.0. The number of aliphatic hydroxyl groups is 3. The van der Waals surface area contributed by atoms with Crippen molar-refractivity contribution in [2.75, 3.05) is 13.2 Å². The standard InChI is InChI=1S/C26H43NO6/c1-3-6-20(29)33-26-12-10-18-17-9-8-16-7-4-5-11-23(16,2)22(17)19(28)13-24(18,26)25(26,31)15-32-21(30)14-27/h16-20,22,28-29,31H,3-15,27H2,1-2H3/t16?,17?,18?,19-,20?,22?,23-,24-,25?,26?/m0/s1. The van der Waals surface area contributed by atoms with Crippen molar-refractivity contribution in [1.82, 2.24) is 0 Å². The number of esters is 1. The number of aliphatic hydroxyl groups excluding tert-OH is 2. The second-order valence-electron chi connectivity index (χ2n) is 12.0. The van der Waals surface area contributed by atoms with Crippen molar-refractivity contribution >= 4 is 5.97 Å². The average molecular weight is 466 g/mol. The van der Waals surface area contributed by atoms with Gasteiger partial charge in [0.05, 0.1) is 12.6 Å².